The van der Waals surface area contributed by atoms with Crippen molar-refractivity contribution in [2.45, 2.75) is 90.6 Å². The van der Waals surface area contributed by atoms with Crippen LogP contribution in [-0.4, -0.2) is 56.4 Å². The van der Waals surface area contributed by atoms with Gasteiger partial charge >= 0.3 is 0 Å². The number of hydrogen-bond donors (Lipinski definition) is 4. The Hall–Kier alpha value is -2.38. The Labute approximate surface area is 202 Å². The third-order valence-electron chi connectivity index (χ3n) is 6.46. The van der Waals surface area contributed by atoms with Gasteiger partial charge in [-0.25, -0.2) is 0 Å². The maximum absolute atomic E-state index is 12.4. The molecular weight excluding hydrogens is 432 g/mol. The highest BCUT2D eigenvalue weighted by atomic mass is 16.3. The van der Waals surface area contributed by atoms with Crippen LogP contribution in [0.25, 0.3) is 0 Å². The van der Waals surface area contributed by atoms with E-state index in [0.29, 0.717) is 0 Å². The standard InChI is InChI=1S/C28H38O6/c1-5-19-11-9-17(13-21(19)7-3)15-23(29)25(31)27(33)28(34)26(32)24(30)16-18-10-12-20(6-2)22(8-4)14-18/h9-14,23-26,29-32H,5-8,15-16H2,1-4H3/t23?,24?,25-,26+. The minimum Gasteiger partial charge on any atom is -0.390 e. The van der Waals surface area contributed by atoms with Gasteiger partial charge < -0.3 is 20.4 Å². The van der Waals surface area contributed by atoms with Gasteiger partial charge in [0, 0.05) is 12.8 Å². The molecule has 0 saturated heterocycles. The molecule has 0 fully saturated rings. The van der Waals surface area contributed by atoms with Crippen molar-refractivity contribution in [1.29, 1.82) is 0 Å². The normalized spacial score (nSPS) is 14.9. The van der Waals surface area contributed by atoms with E-state index in [9.17, 15) is 30.0 Å². The number of carbonyl (C=O) groups excluding carboxylic acids is 2. The molecule has 4 atom stereocenters. The Morgan fingerprint density at radius 2 is 0.912 bits per heavy atom. The van der Waals surface area contributed by atoms with Crippen LogP contribution in [0, 0.1) is 0 Å². The summed E-state index contributed by atoms with van der Waals surface area (Å²) in [5.74, 6) is -2.62. The van der Waals surface area contributed by atoms with Crippen molar-refractivity contribution < 1.29 is 30.0 Å². The van der Waals surface area contributed by atoms with Crippen molar-refractivity contribution >= 4 is 11.6 Å². The van der Waals surface area contributed by atoms with Gasteiger partial charge in [-0.1, -0.05) is 64.1 Å². The summed E-state index contributed by atoms with van der Waals surface area (Å²) in [5, 5.41) is 41.3. The number of aliphatic hydroxyl groups excluding tert-OH is 4. The van der Waals surface area contributed by atoms with Crippen molar-refractivity contribution in [3.63, 3.8) is 0 Å². The molecule has 2 aromatic rings. The summed E-state index contributed by atoms with van der Waals surface area (Å²) >= 11 is 0. The first-order valence-corrected chi connectivity index (χ1v) is 12.2. The predicted molar refractivity (Wildman–Crippen MR) is 132 cm³/mol. The molecule has 2 aromatic carbocycles. The molecule has 2 unspecified atom stereocenters. The molecule has 6 heteroatoms. The number of aliphatic hydroxyl groups is 4. The summed E-state index contributed by atoms with van der Waals surface area (Å²) in [7, 11) is 0. The molecule has 0 aliphatic rings. The molecule has 0 aliphatic heterocycles. The first kappa shape index (κ1) is 27.9. The molecule has 0 amide bonds. The van der Waals surface area contributed by atoms with Gasteiger partial charge in [-0.2, -0.15) is 0 Å². The third-order valence-corrected chi connectivity index (χ3v) is 6.46. The Morgan fingerprint density at radius 3 is 1.21 bits per heavy atom. The van der Waals surface area contributed by atoms with E-state index in [0.717, 1.165) is 47.9 Å². The molecule has 0 heterocycles. The Kier molecular flexibility index (Phi) is 10.6. The summed E-state index contributed by atoms with van der Waals surface area (Å²) in [6, 6.07) is 11.4. The molecule has 0 spiro atoms. The summed E-state index contributed by atoms with van der Waals surface area (Å²) < 4.78 is 0. The van der Waals surface area contributed by atoms with Gasteiger partial charge in [-0.3, -0.25) is 9.59 Å². The van der Waals surface area contributed by atoms with Gasteiger partial charge in [-0.05, 0) is 59.1 Å². The number of rotatable bonds is 13. The van der Waals surface area contributed by atoms with E-state index >= 15 is 0 Å². The Bertz CT molecular complexity index is 903. The monoisotopic (exact) mass is 470 g/mol. The summed E-state index contributed by atoms with van der Waals surface area (Å²) in [6.45, 7) is 8.17. The molecule has 0 saturated carbocycles. The Balaban J connectivity index is 2.03. The van der Waals surface area contributed by atoms with Gasteiger partial charge in [-0.15, -0.1) is 0 Å². The van der Waals surface area contributed by atoms with E-state index in [2.05, 4.69) is 13.8 Å². The average Bonchev–Trinajstić information content (AvgIpc) is 2.86. The van der Waals surface area contributed by atoms with Crippen molar-refractivity contribution in [3.05, 3.63) is 69.8 Å². The van der Waals surface area contributed by atoms with Crippen molar-refractivity contribution in [1.82, 2.24) is 0 Å². The molecule has 4 N–H and O–H groups in total. The summed E-state index contributed by atoms with van der Waals surface area (Å²) in [5.41, 5.74) is 6.12. The predicted octanol–water partition coefficient (Wildman–Crippen LogP) is 2.30. The fourth-order valence-electron chi connectivity index (χ4n) is 4.31. The minimum atomic E-state index is -1.99. The van der Waals surface area contributed by atoms with E-state index in [1.54, 1.807) is 0 Å². The molecule has 0 bridgehead atoms. The van der Waals surface area contributed by atoms with Crippen molar-refractivity contribution in [2.75, 3.05) is 0 Å². The highest BCUT2D eigenvalue weighted by Gasteiger charge is 2.36. The van der Waals surface area contributed by atoms with E-state index in [4.69, 9.17) is 0 Å². The van der Waals surface area contributed by atoms with Crippen LogP contribution < -0.4 is 0 Å². The number of aryl methyl sites for hydroxylation is 4. The maximum atomic E-state index is 12.4. The zero-order chi connectivity index (χ0) is 25.4. The van der Waals surface area contributed by atoms with Gasteiger partial charge in [0.25, 0.3) is 0 Å². The third kappa shape index (κ3) is 6.83. The number of benzene rings is 2. The number of ketones is 2. The van der Waals surface area contributed by atoms with Crippen LogP contribution >= 0.6 is 0 Å². The van der Waals surface area contributed by atoms with Crippen molar-refractivity contribution in [2.24, 2.45) is 0 Å². The van der Waals surface area contributed by atoms with Crippen LogP contribution in [-0.2, 0) is 48.1 Å². The molecular formula is C28H38O6. The topological polar surface area (TPSA) is 115 Å². The molecule has 0 aromatic heterocycles. The lowest BCUT2D eigenvalue weighted by Crippen LogP contribution is -2.47. The second kappa shape index (κ2) is 12.9. The van der Waals surface area contributed by atoms with Gasteiger partial charge in [0.05, 0.1) is 12.2 Å². The fraction of sp³-hybridized carbons (Fsp3) is 0.500. The van der Waals surface area contributed by atoms with E-state index in [1.165, 1.54) is 11.1 Å². The van der Waals surface area contributed by atoms with Crippen LogP contribution in [0.3, 0.4) is 0 Å². The van der Waals surface area contributed by atoms with Crippen LogP contribution in [0.4, 0.5) is 0 Å². The average molecular weight is 471 g/mol. The second-order valence-electron chi connectivity index (χ2n) is 8.78. The molecule has 0 radical (unpaired) electrons. The van der Waals surface area contributed by atoms with Gasteiger partial charge in [0.1, 0.15) is 12.2 Å². The van der Waals surface area contributed by atoms with Crippen molar-refractivity contribution in [3.8, 4) is 0 Å². The number of hydrogen-bond acceptors (Lipinski definition) is 6. The molecule has 0 aliphatic carbocycles. The van der Waals surface area contributed by atoms with E-state index in [1.807, 2.05) is 50.2 Å². The first-order chi connectivity index (χ1) is 16.2. The molecule has 186 valence electrons. The first-order valence-electron chi connectivity index (χ1n) is 12.2. The zero-order valence-corrected chi connectivity index (χ0v) is 20.6. The van der Waals surface area contributed by atoms with Gasteiger partial charge in [0.15, 0.2) is 0 Å². The van der Waals surface area contributed by atoms with Crippen LogP contribution in [0.2, 0.25) is 0 Å². The Morgan fingerprint density at radius 1 is 0.588 bits per heavy atom. The lowest BCUT2D eigenvalue weighted by molar-refractivity contribution is -0.152. The minimum absolute atomic E-state index is 0.0145. The highest BCUT2D eigenvalue weighted by Crippen LogP contribution is 2.18. The molecule has 2 rings (SSSR count). The summed E-state index contributed by atoms with van der Waals surface area (Å²) in [6.07, 6.45) is -3.62. The SMILES string of the molecule is CCc1ccc(CC(O)[C@H](O)C(=O)C(=O)[C@H](O)C(O)Cc2ccc(CC)c(CC)c2)cc1CC. The lowest BCUT2D eigenvalue weighted by Gasteiger charge is -2.21. The van der Waals surface area contributed by atoms with E-state index < -0.39 is 36.0 Å². The van der Waals surface area contributed by atoms with E-state index in [-0.39, 0.29) is 12.8 Å². The number of carbonyl (C=O) groups is 2. The quantitative estimate of drug-likeness (QED) is 0.334. The van der Waals surface area contributed by atoms with Crippen LogP contribution in [0.5, 0.6) is 0 Å². The summed E-state index contributed by atoms with van der Waals surface area (Å²) in [4.78, 5) is 24.9. The number of Topliss-reactive ketones (excluding diaryl/α,β-unsaturated/α-hetero) is 2. The second-order valence-corrected chi connectivity index (χ2v) is 8.78. The largest absolute Gasteiger partial charge is 0.390 e. The smallest absolute Gasteiger partial charge is 0.232 e. The zero-order valence-electron chi connectivity index (χ0n) is 20.6. The van der Waals surface area contributed by atoms with Crippen LogP contribution in [0.15, 0.2) is 36.4 Å². The maximum Gasteiger partial charge on any atom is 0.232 e. The fourth-order valence-corrected chi connectivity index (χ4v) is 4.31. The van der Waals surface area contributed by atoms with Crippen LogP contribution in [0.1, 0.15) is 61.1 Å². The molecule has 6 nitrogen and oxygen atoms in total. The highest BCUT2D eigenvalue weighted by molar-refractivity contribution is 6.40. The molecule has 34 heavy (non-hydrogen) atoms. The lowest BCUT2D eigenvalue weighted by atomic mass is 9.92. The van der Waals surface area contributed by atoms with Gasteiger partial charge in [0.2, 0.25) is 11.6 Å².